The molecule has 108 valence electrons. The Morgan fingerprint density at radius 1 is 1.37 bits per heavy atom. The number of carboxylic acids is 1. The molecule has 0 aromatic heterocycles. The largest absolute Gasteiger partial charge is 0.480 e. The molecule has 1 heterocycles. The van der Waals surface area contributed by atoms with E-state index >= 15 is 0 Å². The smallest absolute Gasteiger partial charge is 0.332 e. The lowest BCUT2D eigenvalue weighted by atomic mass is 10.1. The zero-order chi connectivity index (χ0) is 14.4. The fraction of sp³-hybridized carbons (Fsp3) is 0.750. The summed E-state index contributed by atoms with van der Waals surface area (Å²) < 4.78 is 4.68. The maximum Gasteiger partial charge on any atom is 0.332 e. The first-order chi connectivity index (χ1) is 8.99. The van der Waals surface area contributed by atoms with Crippen molar-refractivity contribution in [1.29, 1.82) is 0 Å². The monoisotopic (exact) mass is 272 g/mol. The highest BCUT2D eigenvalue weighted by Gasteiger charge is 2.36. The Labute approximate surface area is 111 Å². The molecule has 1 rings (SSSR count). The van der Waals surface area contributed by atoms with Gasteiger partial charge >= 0.3 is 11.9 Å². The van der Waals surface area contributed by atoms with Crippen molar-refractivity contribution in [2.24, 2.45) is 5.73 Å². The van der Waals surface area contributed by atoms with Crippen LogP contribution in [0.3, 0.4) is 0 Å². The van der Waals surface area contributed by atoms with Gasteiger partial charge in [-0.15, -0.1) is 0 Å². The molecule has 0 aromatic rings. The van der Waals surface area contributed by atoms with Crippen molar-refractivity contribution >= 4 is 17.8 Å². The highest BCUT2D eigenvalue weighted by molar-refractivity contribution is 6.02. The Balaban J connectivity index is 2.80. The Morgan fingerprint density at radius 2 is 2.05 bits per heavy atom. The lowest BCUT2D eigenvalue weighted by molar-refractivity contribution is -0.156. The average Bonchev–Trinajstić information content (AvgIpc) is 2.62. The zero-order valence-corrected chi connectivity index (χ0v) is 11.0. The number of rotatable bonds is 4. The van der Waals surface area contributed by atoms with Gasteiger partial charge in [0.1, 0.15) is 6.04 Å². The van der Waals surface area contributed by atoms with Crippen LogP contribution in [0.25, 0.3) is 0 Å². The van der Waals surface area contributed by atoms with Gasteiger partial charge in [0.15, 0.2) is 6.04 Å². The number of aliphatic carboxylic acids is 1. The van der Waals surface area contributed by atoms with Gasteiger partial charge in [0.2, 0.25) is 0 Å². The number of likely N-dealkylation sites (tertiary alicyclic amines) is 1. The van der Waals surface area contributed by atoms with Gasteiger partial charge < -0.3 is 20.5 Å². The maximum absolute atomic E-state index is 12.1. The molecule has 1 saturated heterocycles. The molecular weight excluding hydrogens is 252 g/mol. The first-order valence-electron chi connectivity index (χ1n) is 6.44. The van der Waals surface area contributed by atoms with E-state index in [-0.39, 0.29) is 6.61 Å². The highest BCUT2D eigenvalue weighted by atomic mass is 16.5. The number of carbonyl (C=O) groups excluding carboxylic acids is 2. The highest BCUT2D eigenvalue weighted by Crippen LogP contribution is 2.18. The van der Waals surface area contributed by atoms with Gasteiger partial charge in [-0.05, 0) is 19.8 Å². The fourth-order valence-electron chi connectivity index (χ4n) is 2.14. The number of esters is 1. The van der Waals surface area contributed by atoms with Crippen LogP contribution in [-0.2, 0) is 19.1 Å². The Morgan fingerprint density at radius 3 is 2.63 bits per heavy atom. The van der Waals surface area contributed by atoms with Crippen LogP contribution < -0.4 is 5.73 Å². The van der Waals surface area contributed by atoms with E-state index in [2.05, 4.69) is 4.74 Å². The summed E-state index contributed by atoms with van der Waals surface area (Å²) in [6, 6.07) is -2.35. The molecule has 0 aliphatic carbocycles. The molecule has 3 N–H and O–H groups in total. The van der Waals surface area contributed by atoms with Crippen LogP contribution in [-0.4, -0.2) is 53.1 Å². The van der Waals surface area contributed by atoms with E-state index in [1.54, 1.807) is 6.92 Å². The molecule has 0 saturated carbocycles. The number of hydrogen-bond acceptors (Lipinski definition) is 5. The fourth-order valence-corrected chi connectivity index (χ4v) is 2.14. The first kappa shape index (κ1) is 15.4. The summed E-state index contributed by atoms with van der Waals surface area (Å²) in [5.41, 5.74) is 5.53. The molecule has 1 aliphatic rings. The van der Waals surface area contributed by atoms with Crippen molar-refractivity contribution < 1.29 is 24.2 Å². The van der Waals surface area contributed by atoms with E-state index in [9.17, 15) is 14.4 Å². The van der Waals surface area contributed by atoms with E-state index in [0.29, 0.717) is 19.4 Å². The third kappa shape index (κ3) is 3.92. The SMILES string of the molecule is CCOC(=O)C(N)C(=O)N1CCCCCC1C(=O)O. The van der Waals surface area contributed by atoms with Gasteiger partial charge in [-0.3, -0.25) is 4.79 Å². The van der Waals surface area contributed by atoms with Crippen molar-refractivity contribution in [3.8, 4) is 0 Å². The second-order valence-electron chi connectivity index (χ2n) is 4.46. The molecular formula is C12H20N2O5. The molecule has 0 radical (unpaired) electrons. The van der Waals surface area contributed by atoms with Crippen LogP contribution in [0.2, 0.25) is 0 Å². The Hall–Kier alpha value is -1.63. The van der Waals surface area contributed by atoms with E-state index in [1.165, 1.54) is 4.90 Å². The maximum atomic E-state index is 12.1. The third-order valence-corrected chi connectivity index (χ3v) is 3.13. The van der Waals surface area contributed by atoms with Gasteiger partial charge in [-0.2, -0.15) is 0 Å². The summed E-state index contributed by atoms with van der Waals surface area (Å²) in [5.74, 6) is -2.56. The zero-order valence-electron chi connectivity index (χ0n) is 11.0. The van der Waals surface area contributed by atoms with Crippen molar-refractivity contribution in [3.63, 3.8) is 0 Å². The summed E-state index contributed by atoms with van der Waals surface area (Å²) in [4.78, 5) is 35.9. The summed E-state index contributed by atoms with van der Waals surface area (Å²) in [6.07, 6.45) is 2.71. The van der Waals surface area contributed by atoms with Crippen molar-refractivity contribution in [1.82, 2.24) is 4.90 Å². The van der Waals surface area contributed by atoms with Crippen LogP contribution in [0, 0.1) is 0 Å². The quantitative estimate of drug-likeness (QED) is 0.538. The predicted octanol–water partition coefficient (Wildman–Crippen LogP) is -0.267. The van der Waals surface area contributed by atoms with Gasteiger partial charge in [0, 0.05) is 6.54 Å². The number of nitrogens with two attached hydrogens (primary N) is 1. The molecule has 1 aliphatic heterocycles. The normalized spacial score (nSPS) is 21.4. The van der Waals surface area contributed by atoms with Gasteiger partial charge in [-0.1, -0.05) is 12.8 Å². The van der Waals surface area contributed by atoms with Gasteiger partial charge in [-0.25, -0.2) is 9.59 Å². The number of carbonyl (C=O) groups is 3. The topological polar surface area (TPSA) is 110 Å². The summed E-state index contributed by atoms with van der Waals surface area (Å²) in [6.45, 7) is 2.05. The average molecular weight is 272 g/mol. The summed E-state index contributed by atoms with van der Waals surface area (Å²) in [7, 11) is 0. The van der Waals surface area contributed by atoms with Crippen LogP contribution in [0.5, 0.6) is 0 Å². The number of amides is 1. The lowest BCUT2D eigenvalue weighted by Crippen LogP contribution is -2.54. The van der Waals surface area contributed by atoms with Gasteiger partial charge in [0.05, 0.1) is 6.61 Å². The molecule has 2 unspecified atom stereocenters. The second kappa shape index (κ2) is 7.08. The molecule has 1 amide bonds. The van der Waals surface area contributed by atoms with Crippen molar-refractivity contribution in [2.45, 2.75) is 44.7 Å². The molecule has 0 aromatic carbocycles. The minimum Gasteiger partial charge on any atom is -0.480 e. The van der Waals surface area contributed by atoms with Crippen LogP contribution >= 0.6 is 0 Å². The standard InChI is InChI=1S/C12H20N2O5/c1-2-19-12(18)9(13)10(15)14-7-5-3-4-6-8(14)11(16)17/h8-9H,2-7,13H2,1H3,(H,16,17). The van der Waals surface area contributed by atoms with Crippen LogP contribution in [0.15, 0.2) is 0 Å². The lowest BCUT2D eigenvalue weighted by Gasteiger charge is -2.28. The van der Waals surface area contributed by atoms with E-state index in [0.717, 1.165) is 12.8 Å². The Bertz CT molecular complexity index is 358. The molecule has 2 atom stereocenters. The molecule has 7 nitrogen and oxygen atoms in total. The number of nitrogens with zero attached hydrogens (tertiary/aromatic N) is 1. The number of ether oxygens (including phenoxy) is 1. The summed E-state index contributed by atoms with van der Waals surface area (Å²) in [5, 5.41) is 9.16. The first-order valence-corrected chi connectivity index (χ1v) is 6.44. The van der Waals surface area contributed by atoms with Crippen LogP contribution in [0.4, 0.5) is 0 Å². The number of hydrogen-bond donors (Lipinski definition) is 2. The third-order valence-electron chi connectivity index (χ3n) is 3.13. The number of carboxylic acid groups (broad SMARTS) is 1. The molecule has 7 heteroatoms. The molecule has 1 fully saturated rings. The molecule has 0 bridgehead atoms. The predicted molar refractivity (Wildman–Crippen MR) is 66.2 cm³/mol. The van der Waals surface area contributed by atoms with E-state index in [4.69, 9.17) is 10.8 Å². The second-order valence-corrected chi connectivity index (χ2v) is 4.46. The van der Waals surface area contributed by atoms with Gasteiger partial charge in [0.25, 0.3) is 5.91 Å². The summed E-state index contributed by atoms with van der Waals surface area (Å²) >= 11 is 0. The minimum atomic E-state index is -1.44. The van der Waals surface area contributed by atoms with Crippen molar-refractivity contribution in [2.75, 3.05) is 13.2 Å². The van der Waals surface area contributed by atoms with Crippen molar-refractivity contribution in [3.05, 3.63) is 0 Å². The molecule has 19 heavy (non-hydrogen) atoms. The van der Waals surface area contributed by atoms with Crippen LogP contribution in [0.1, 0.15) is 32.6 Å². The molecule has 0 spiro atoms. The minimum absolute atomic E-state index is 0.127. The van der Waals surface area contributed by atoms with E-state index in [1.807, 2.05) is 0 Å². The Kier molecular flexibility index (Phi) is 5.75. The van der Waals surface area contributed by atoms with E-state index < -0.39 is 29.9 Å².